The van der Waals surface area contributed by atoms with Gasteiger partial charge in [-0.1, -0.05) is 30.3 Å². The molecule has 11 aromatic rings. The van der Waals surface area contributed by atoms with E-state index < -0.39 is 0 Å². The van der Waals surface area contributed by atoms with Gasteiger partial charge in [-0.05, 0) is 120 Å². The second-order valence-electron chi connectivity index (χ2n) is 18.0. The molecule has 3 atom stereocenters. The maximum absolute atomic E-state index is 5.67. The van der Waals surface area contributed by atoms with Crippen molar-refractivity contribution in [2.24, 2.45) is 20.0 Å². The fourth-order valence-corrected chi connectivity index (χ4v) is 9.77. The second-order valence-corrected chi connectivity index (χ2v) is 18.0. The van der Waals surface area contributed by atoms with Gasteiger partial charge in [0.15, 0.2) is 12.2 Å². The molecule has 0 radical (unpaired) electrons. The first-order chi connectivity index (χ1) is 34.3. The van der Waals surface area contributed by atoms with Crippen LogP contribution >= 0.6 is 0 Å². The highest BCUT2D eigenvalue weighted by molar-refractivity contribution is 5.98. The van der Waals surface area contributed by atoms with Crippen LogP contribution in [0.2, 0.25) is 0 Å². The molecule has 70 heavy (non-hydrogen) atoms. The fourth-order valence-electron chi connectivity index (χ4n) is 9.77. The zero-order valence-corrected chi connectivity index (χ0v) is 39.4. The van der Waals surface area contributed by atoms with Crippen LogP contribution in [0.15, 0.2) is 170 Å². The number of fused-ring (bicyclic) bond motifs is 4. The third-order valence-electron chi connectivity index (χ3n) is 13.4. The zero-order valence-electron chi connectivity index (χ0n) is 39.4. The monoisotopic (exact) mass is 924 g/mol. The Kier molecular flexibility index (Phi) is 12.1. The number of anilines is 2. The first kappa shape index (κ1) is 44.0. The van der Waals surface area contributed by atoms with E-state index in [0.29, 0.717) is 17.6 Å². The number of nitrogens with one attached hydrogen (secondary N) is 2. The fraction of sp³-hybridized carbons (Fsp3) is 0.196. The molecule has 0 spiro atoms. The van der Waals surface area contributed by atoms with E-state index in [4.69, 9.17) is 14.1 Å². The van der Waals surface area contributed by atoms with Gasteiger partial charge >= 0.3 is 0 Å². The van der Waals surface area contributed by atoms with Gasteiger partial charge in [-0.25, -0.2) is 9.97 Å². The Balaban J connectivity index is 0.000000152. The van der Waals surface area contributed by atoms with E-state index in [9.17, 15) is 0 Å². The molecular formula is C56H52N12O2. The Morgan fingerprint density at radius 1 is 0.643 bits per heavy atom. The van der Waals surface area contributed by atoms with E-state index in [1.165, 1.54) is 41.2 Å². The normalized spacial score (nSPS) is 14.7. The highest BCUT2D eigenvalue weighted by Crippen LogP contribution is 2.37. The van der Waals surface area contributed by atoms with Gasteiger partial charge in [0.2, 0.25) is 5.88 Å². The van der Waals surface area contributed by atoms with Gasteiger partial charge in [0.05, 0.1) is 41.4 Å². The van der Waals surface area contributed by atoms with Gasteiger partial charge < -0.3 is 33.8 Å². The molecule has 348 valence electrons. The minimum Gasteiger partial charge on any atom is -0.481 e. The summed E-state index contributed by atoms with van der Waals surface area (Å²) in [6, 6.07) is 33.6. The molecule has 12 rings (SSSR count). The quantitative estimate of drug-likeness (QED) is 0.120. The lowest BCUT2D eigenvalue weighted by atomic mass is 9.94. The summed E-state index contributed by atoms with van der Waals surface area (Å²) in [5.41, 5.74) is 14.2. The summed E-state index contributed by atoms with van der Waals surface area (Å²) in [7, 11) is 7.94. The van der Waals surface area contributed by atoms with Gasteiger partial charge in [0.25, 0.3) is 0 Å². The van der Waals surface area contributed by atoms with Crippen molar-refractivity contribution in [3.63, 3.8) is 0 Å². The Morgan fingerprint density at radius 3 is 1.86 bits per heavy atom. The maximum atomic E-state index is 5.67. The molecule has 14 nitrogen and oxygen atoms in total. The van der Waals surface area contributed by atoms with E-state index in [-0.39, 0.29) is 12.1 Å². The Hall–Kier alpha value is -8.49. The summed E-state index contributed by atoms with van der Waals surface area (Å²) in [4.78, 5) is 33.9. The molecule has 14 heteroatoms. The standard InChI is InChI=1S/C29H30N6.C27H22N6O2/c1-34-12-7-20(19-34)14-26(23-4-3-9-30-18-23)33-24-16-25(29-27(17-24)31-10-11-32-29)22-6-5-21-8-13-35(2)28(21)15-22;1-33-10-7-17-3-4-18(11-23(17)33)21-12-20(13-22-27(21)30-9-8-29-22)32-26(24-15-28-16-35-24)19-5-6-25(34-2)31-14-19/h3-6,8-11,13,15-18,20,26,33H,7,12,14,19H2,1-2H3;3-16,26,32H,1-2H3. The molecule has 0 aliphatic carbocycles. The van der Waals surface area contributed by atoms with Crippen LogP contribution in [0.5, 0.6) is 5.88 Å². The number of rotatable bonds is 12. The van der Waals surface area contributed by atoms with Crippen LogP contribution in [0.3, 0.4) is 0 Å². The zero-order chi connectivity index (χ0) is 47.6. The van der Waals surface area contributed by atoms with Gasteiger partial charge in [-0.2, -0.15) is 0 Å². The molecular weight excluding hydrogens is 873 g/mol. The van der Waals surface area contributed by atoms with E-state index in [2.05, 4.69) is 154 Å². The minimum atomic E-state index is -0.312. The first-order valence-electron chi connectivity index (χ1n) is 23.4. The van der Waals surface area contributed by atoms with Gasteiger partial charge in [0.1, 0.15) is 6.04 Å². The predicted molar refractivity (Wildman–Crippen MR) is 276 cm³/mol. The summed E-state index contributed by atoms with van der Waals surface area (Å²) in [5, 5.41) is 9.87. The molecule has 4 aromatic carbocycles. The van der Waals surface area contributed by atoms with E-state index in [1.807, 2.05) is 43.7 Å². The van der Waals surface area contributed by atoms with Crippen molar-refractivity contribution in [3.05, 3.63) is 182 Å². The molecule has 0 amide bonds. The Labute approximate surface area is 405 Å². The first-order valence-corrected chi connectivity index (χ1v) is 23.4. The molecule has 7 aromatic heterocycles. The molecule has 1 aliphatic heterocycles. The van der Waals surface area contributed by atoms with Crippen LogP contribution < -0.4 is 15.4 Å². The van der Waals surface area contributed by atoms with E-state index in [0.717, 1.165) is 79.7 Å². The number of ether oxygens (including phenoxy) is 1. The van der Waals surface area contributed by atoms with Crippen molar-refractivity contribution < 1.29 is 9.15 Å². The Bertz CT molecular complexity index is 3570. The number of aromatic nitrogens is 9. The van der Waals surface area contributed by atoms with Crippen LogP contribution in [-0.2, 0) is 14.1 Å². The smallest absolute Gasteiger partial charge is 0.212 e. The maximum Gasteiger partial charge on any atom is 0.212 e. The van der Waals surface area contributed by atoms with E-state index in [1.54, 1.807) is 44.3 Å². The summed E-state index contributed by atoms with van der Waals surface area (Å²) < 4.78 is 15.2. The number of nitrogens with zero attached hydrogens (tertiary/aromatic N) is 10. The number of hydrogen-bond acceptors (Lipinski definition) is 12. The third kappa shape index (κ3) is 9.11. The van der Waals surface area contributed by atoms with Gasteiger partial charge in [-0.3, -0.25) is 24.9 Å². The molecule has 2 N–H and O–H groups in total. The topological polar surface area (TPSA) is 150 Å². The SMILES string of the molecule is CN1CCC(CC(Nc2cc(-c3ccc4ccn(C)c4c3)c3nccnc3c2)c2cccnc2)C1.COc1ccc(C(Nc2cc(-c3ccc4ccn(C)c4c3)c3nccnc3c2)c2cnco2)cn1. The number of pyridine rings is 2. The highest BCUT2D eigenvalue weighted by atomic mass is 16.5. The van der Waals surface area contributed by atoms with Crippen molar-refractivity contribution >= 4 is 55.2 Å². The van der Waals surface area contributed by atoms with Gasteiger partial charge in [-0.15, -0.1) is 0 Å². The number of benzene rings is 4. The lowest BCUT2D eigenvalue weighted by molar-refractivity contribution is 0.381. The lowest BCUT2D eigenvalue weighted by Gasteiger charge is -2.24. The number of likely N-dealkylation sites (tertiary alicyclic amines) is 1. The minimum absolute atomic E-state index is 0.178. The van der Waals surface area contributed by atoms with Crippen molar-refractivity contribution in [3.8, 4) is 28.1 Å². The molecule has 0 saturated carbocycles. The van der Waals surface area contributed by atoms with Crippen molar-refractivity contribution in [2.45, 2.75) is 24.9 Å². The predicted octanol–water partition coefficient (Wildman–Crippen LogP) is 11.1. The second kappa shape index (κ2) is 19.2. The largest absolute Gasteiger partial charge is 0.481 e. The summed E-state index contributed by atoms with van der Waals surface area (Å²) in [6.45, 7) is 2.31. The lowest BCUT2D eigenvalue weighted by Crippen LogP contribution is -2.19. The number of methoxy groups -OCH3 is 1. The molecule has 1 aliphatic rings. The third-order valence-corrected chi connectivity index (χ3v) is 13.4. The highest BCUT2D eigenvalue weighted by Gasteiger charge is 2.25. The molecule has 0 bridgehead atoms. The van der Waals surface area contributed by atoms with E-state index >= 15 is 0 Å². The number of oxazole rings is 1. The van der Waals surface area contributed by atoms with Crippen LogP contribution in [0, 0.1) is 5.92 Å². The molecule has 3 unspecified atom stereocenters. The molecule has 1 saturated heterocycles. The molecule has 1 fully saturated rings. The van der Waals surface area contributed by atoms with Crippen LogP contribution in [0.1, 0.15) is 41.8 Å². The Morgan fingerprint density at radius 2 is 1.30 bits per heavy atom. The number of aryl methyl sites for hydroxylation is 2. The van der Waals surface area contributed by atoms with Gasteiger partial charge in [0, 0.05) is 122 Å². The van der Waals surface area contributed by atoms with Crippen LogP contribution in [0.4, 0.5) is 11.4 Å². The average molecular weight is 925 g/mol. The summed E-state index contributed by atoms with van der Waals surface area (Å²) in [5.74, 6) is 1.88. The molecule has 8 heterocycles. The summed E-state index contributed by atoms with van der Waals surface area (Å²) in [6.07, 6.45) is 22.2. The van der Waals surface area contributed by atoms with Crippen molar-refractivity contribution in [2.75, 3.05) is 37.9 Å². The summed E-state index contributed by atoms with van der Waals surface area (Å²) >= 11 is 0. The van der Waals surface area contributed by atoms with Crippen LogP contribution in [-0.4, -0.2) is 76.2 Å². The van der Waals surface area contributed by atoms with Crippen LogP contribution in [0.25, 0.3) is 66.1 Å². The van der Waals surface area contributed by atoms with Crippen molar-refractivity contribution in [1.29, 1.82) is 0 Å². The van der Waals surface area contributed by atoms with Crippen molar-refractivity contribution in [1.82, 2.24) is 48.9 Å². The average Bonchev–Trinajstić information content (AvgIpc) is 4.24. The number of hydrogen-bond donors (Lipinski definition) is 2.